The monoisotopic (exact) mass is 325 g/mol. The Balaban J connectivity index is 2.82. The first kappa shape index (κ1) is 15.1. The first-order valence-electron chi connectivity index (χ1n) is 5.50. The van der Waals surface area contributed by atoms with Crippen LogP contribution in [0.1, 0.15) is 19.4 Å². The average Bonchev–Trinajstić information content (AvgIpc) is 2.25. The smallest absolute Gasteiger partial charge is 0.416 e. The molecule has 0 heterocycles. The summed E-state index contributed by atoms with van der Waals surface area (Å²) in [5.74, 6) is 0.150. The van der Waals surface area contributed by atoms with Crippen LogP contribution in [0.25, 0.3) is 0 Å². The Morgan fingerprint density at radius 3 is 2.44 bits per heavy atom. The van der Waals surface area contributed by atoms with Gasteiger partial charge in [-0.1, -0.05) is 29.8 Å². The van der Waals surface area contributed by atoms with Crippen molar-refractivity contribution in [2.75, 3.05) is 11.9 Å². The molecule has 18 heavy (non-hydrogen) atoms. The highest BCUT2D eigenvalue weighted by atomic mass is 79.9. The normalized spacial score (nSPS) is 13.7. The predicted molar refractivity (Wildman–Crippen MR) is 69.2 cm³/mol. The molecule has 0 radical (unpaired) electrons. The second-order valence-electron chi connectivity index (χ2n) is 4.37. The molecule has 2 nitrogen and oxygen atoms in total. The molecule has 1 unspecified atom stereocenters. The molecule has 102 valence electrons. The zero-order chi connectivity index (χ0) is 13.9. The van der Waals surface area contributed by atoms with E-state index in [9.17, 15) is 18.3 Å². The summed E-state index contributed by atoms with van der Waals surface area (Å²) in [4.78, 5) is 0.117. The standard InChI is InChI=1S/C12H15BrF3NO/c1-7(2)9(13)6-17-10-5-8(12(14,15)16)3-4-11(10)18/h3-5,7,9,17-18H,6H2,1-2H3. The lowest BCUT2D eigenvalue weighted by atomic mass is 10.1. The zero-order valence-electron chi connectivity index (χ0n) is 10.1. The summed E-state index contributed by atoms with van der Waals surface area (Å²) in [5.41, 5.74) is -0.687. The van der Waals surface area contributed by atoms with Crippen molar-refractivity contribution in [3.63, 3.8) is 0 Å². The summed E-state index contributed by atoms with van der Waals surface area (Å²) >= 11 is 3.42. The minimum atomic E-state index is -4.41. The molecule has 0 spiro atoms. The molecule has 0 aromatic heterocycles. The van der Waals surface area contributed by atoms with E-state index in [0.717, 1.165) is 18.2 Å². The maximum Gasteiger partial charge on any atom is 0.416 e. The third-order valence-corrected chi connectivity index (χ3v) is 3.92. The van der Waals surface area contributed by atoms with Gasteiger partial charge < -0.3 is 10.4 Å². The Hall–Kier alpha value is -0.910. The van der Waals surface area contributed by atoms with E-state index < -0.39 is 11.7 Å². The van der Waals surface area contributed by atoms with Gasteiger partial charge in [-0.25, -0.2) is 0 Å². The van der Waals surface area contributed by atoms with Gasteiger partial charge in [-0.15, -0.1) is 0 Å². The van der Waals surface area contributed by atoms with Crippen LogP contribution >= 0.6 is 15.9 Å². The van der Waals surface area contributed by atoms with Crippen molar-refractivity contribution < 1.29 is 18.3 Å². The van der Waals surface area contributed by atoms with Gasteiger partial charge in [0.2, 0.25) is 0 Å². The van der Waals surface area contributed by atoms with E-state index in [1.165, 1.54) is 0 Å². The van der Waals surface area contributed by atoms with Crippen molar-refractivity contribution in [3.05, 3.63) is 23.8 Å². The van der Waals surface area contributed by atoms with Crippen molar-refractivity contribution in [2.24, 2.45) is 5.92 Å². The van der Waals surface area contributed by atoms with Gasteiger partial charge in [0, 0.05) is 11.4 Å². The Kier molecular flexibility index (Phi) is 4.90. The highest BCUT2D eigenvalue weighted by Gasteiger charge is 2.31. The van der Waals surface area contributed by atoms with Gasteiger partial charge in [0.25, 0.3) is 0 Å². The number of phenols is 1. The van der Waals surface area contributed by atoms with Crippen LogP contribution in [0, 0.1) is 5.92 Å². The van der Waals surface area contributed by atoms with Crippen LogP contribution in [0.15, 0.2) is 18.2 Å². The van der Waals surface area contributed by atoms with E-state index in [2.05, 4.69) is 21.2 Å². The van der Waals surface area contributed by atoms with E-state index >= 15 is 0 Å². The number of benzene rings is 1. The molecule has 0 aliphatic rings. The summed E-state index contributed by atoms with van der Waals surface area (Å²) in [6.45, 7) is 4.42. The quantitative estimate of drug-likeness (QED) is 0.641. The largest absolute Gasteiger partial charge is 0.506 e. The molecule has 1 aromatic carbocycles. The highest BCUT2D eigenvalue weighted by molar-refractivity contribution is 9.09. The van der Waals surface area contributed by atoms with Crippen molar-refractivity contribution in [1.29, 1.82) is 0 Å². The maximum absolute atomic E-state index is 12.5. The third-order valence-electron chi connectivity index (χ3n) is 2.53. The van der Waals surface area contributed by atoms with Crippen molar-refractivity contribution >= 4 is 21.6 Å². The molecule has 0 fully saturated rings. The number of halogens is 4. The average molecular weight is 326 g/mol. The highest BCUT2D eigenvalue weighted by Crippen LogP contribution is 2.34. The van der Waals surface area contributed by atoms with E-state index in [-0.39, 0.29) is 16.3 Å². The fourth-order valence-corrected chi connectivity index (χ4v) is 1.46. The number of phenolic OH excluding ortho intramolecular Hbond substituents is 1. The zero-order valence-corrected chi connectivity index (χ0v) is 11.6. The van der Waals surface area contributed by atoms with Gasteiger partial charge in [-0.3, -0.25) is 0 Å². The molecule has 0 saturated carbocycles. The van der Waals surface area contributed by atoms with E-state index in [1.807, 2.05) is 13.8 Å². The molecule has 0 bridgehead atoms. The molecule has 6 heteroatoms. The van der Waals surface area contributed by atoms with Crippen LogP contribution < -0.4 is 5.32 Å². The third kappa shape index (κ3) is 4.08. The predicted octanol–water partition coefficient (Wildman–Crippen LogP) is 4.24. The number of alkyl halides is 4. The van der Waals surface area contributed by atoms with Crippen LogP contribution in [0.2, 0.25) is 0 Å². The Morgan fingerprint density at radius 2 is 1.94 bits per heavy atom. The minimum Gasteiger partial charge on any atom is -0.506 e. The van der Waals surface area contributed by atoms with Gasteiger partial charge in [0.15, 0.2) is 0 Å². The molecule has 1 atom stereocenters. The van der Waals surface area contributed by atoms with Crippen molar-refractivity contribution in [2.45, 2.75) is 24.9 Å². The maximum atomic E-state index is 12.5. The van der Waals surface area contributed by atoms with Crippen LogP contribution in [-0.4, -0.2) is 16.5 Å². The van der Waals surface area contributed by atoms with Gasteiger partial charge in [-0.05, 0) is 24.1 Å². The van der Waals surface area contributed by atoms with Crippen molar-refractivity contribution in [3.8, 4) is 5.75 Å². The number of rotatable bonds is 4. The Bertz CT molecular complexity index is 407. The first-order chi connectivity index (χ1) is 8.21. The summed E-state index contributed by atoms with van der Waals surface area (Å²) in [5, 5.41) is 12.3. The lowest BCUT2D eigenvalue weighted by molar-refractivity contribution is -0.137. The summed E-state index contributed by atoms with van der Waals surface area (Å²) < 4.78 is 37.5. The SMILES string of the molecule is CC(C)C(Br)CNc1cc(C(F)(F)F)ccc1O. The number of nitrogens with one attached hydrogen (secondary N) is 1. The Morgan fingerprint density at radius 1 is 1.33 bits per heavy atom. The van der Waals surface area contributed by atoms with Crippen LogP contribution in [0.5, 0.6) is 5.75 Å². The second-order valence-corrected chi connectivity index (χ2v) is 5.55. The molecule has 0 aliphatic heterocycles. The first-order valence-corrected chi connectivity index (χ1v) is 6.41. The van der Waals surface area contributed by atoms with Crippen molar-refractivity contribution in [1.82, 2.24) is 0 Å². The number of hydrogen-bond donors (Lipinski definition) is 2. The molecule has 0 saturated heterocycles. The van der Waals surface area contributed by atoms with Gasteiger partial charge in [-0.2, -0.15) is 13.2 Å². The number of hydrogen-bond acceptors (Lipinski definition) is 2. The molecular weight excluding hydrogens is 311 g/mol. The molecule has 0 aliphatic carbocycles. The fraction of sp³-hybridized carbons (Fsp3) is 0.500. The Labute approximate surface area is 112 Å². The fourth-order valence-electron chi connectivity index (χ4n) is 1.30. The van der Waals surface area contributed by atoms with Gasteiger partial charge in [0.05, 0.1) is 11.3 Å². The summed E-state index contributed by atoms with van der Waals surface area (Å²) in [6, 6.07) is 2.81. The minimum absolute atomic E-state index is 0.0925. The molecular formula is C12H15BrF3NO. The number of aromatic hydroxyl groups is 1. The van der Waals surface area contributed by atoms with Gasteiger partial charge >= 0.3 is 6.18 Å². The van der Waals surface area contributed by atoms with E-state index in [4.69, 9.17) is 0 Å². The summed E-state index contributed by atoms with van der Waals surface area (Å²) in [6.07, 6.45) is -4.41. The van der Waals surface area contributed by atoms with E-state index in [0.29, 0.717) is 12.5 Å². The van der Waals surface area contributed by atoms with E-state index in [1.54, 1.807) is 0 Å². The lowest BCUT2D eigenvalue weighted by Crippen LogP contribution is -2.19. The van der Waals surface area contributed by atoms with Gasteiger partial charge in [0.1, 0.15) is 5.75 Å². The topological polar surface area (TPSA) is 32.3 Å². The van der Waals surface area contributed by atoms with Crippen LogP contribution in [0.4, 0.5) is 18.9 Å². The molecule has 2 N–H and O–H groups in total. The molecule has 1 rings (SSSR count). The molecule has 0 amide bonds. The van der Waals surface area contributed by atoms with Crippen LogP contribution in [0.3, 0.4) is 0 Å². The second kappa shape index (κ2) is 5.82. The summed E-state index contributed by atoms with van der Waals surface area (Å²) in [7, 11) is 0. The number of anilines is 1. The lowest BCUT2D eigenvalue weighted by Gasteiger charge is -2.17. The molecule has 1 aromatic rings. The van der Waals surface area contributed by atoms with Crippen LogP contribution in [-0.2, 0) is 6.18 Å².